The first kappa shape index (κ1) is 23.3. The number of nitro benzene ring substituents is 1. The summed E-state index contributed by atoms with van der Waals surface area (Å²) in [6.45, 7) is 1.65. The van der Waals surface area contributed by atoms with Crippen molar-refractivity contribution < 1.29 is 13.7 Å². The molecular weight excluding hydrogens is 442 g/mol. The summed E-state index contributed by atoms with van der Waals surface area (Å²) in [7, 11) is 0. The number of pyridine rings is 1. The van der Waals surface area contributed by atoms with Crippen LogP contribution in [0, 0.1) is 16.0 Å². The second kappa shape index (κ2) is 10.3. The van der Waals surface area contributed by atoms with Crippen LogP contribution in [0.5, 0.6) is 0 Å². The number of benzene rings is 1. The number of nitrogens with one attached hydrogen (secondary N) is 2. The van der Waals surface area contributed by atoms with Gasteiger partial charge in [0.25, 0.3) is 5.69 Å². The fourth-order valence-electron chi connectivity index (χ4n) is 2.92. The summed E-state index contributed by atoms with van der Waals surface area (Å²) in [5.74, 6) is -0.884. The van der Waals surface area contributed by atoms with Crippen LogP contribution < -0.4 is 10.0 Å². The molecule has 0 saturated heterocycles. The van der Waals surface area contributed by atoms with Crippen LogP contribution in [-0.4, -0.2) is 33.1 Å². The average Bonchev–Trinajstić information content (AvgIpc) is 3.55. The van der Waals surface area contributed by atoms with Crippen LogP contribution in [0.25, 0.3) is 11.1 Å². The number of rotatable bonds is 11. The highest BCUT2D eigenvalue weighted by Gasteiger charge is 2.23. The first-order valence-corrected chi connectivity index (χ1v) is 11.4. The number of nitrogens with zero attached hydrogens (tertiary/aromatic N) is 2. The van der Waals surface area contributed by atoms with Gasteiger partial charge in [0.1, 0.15) is 10.8 Å². The van der Waals surface area contributed by atoms with Crippen molar-refractivity contribution in [3.63, 3.8) is 0 Å². The number of hydrogen-bond acceptors (Lipinski definition) is 6. The van der Waals surface area contributed by atoms with Crippen molar-refractivity contribution in [3.8, 4) is 11.1 Å². The van der Waals surface area contributed by atoms with E-state index in [1.165, 1.54) is 18.0 Å². The second-order valence-corrected chi connectivity index (χ2v) is 9.01. The molecule has 6 nitrogen and oxygen atoms in total. The topological polar surface area (TPSA) is 80.1 Å². The third-order valence-corrected chi connectivity index (χ3v) is 6.03. The molecular formula is C21H24F2N4O2S2. The van der Waals surface area contributed by atoms with Gasteiger partial charge in [0.15, 0.2) is 0 Å². The van der Waals surface area contributed by atoms with Crippen LogP contribution in [0.15, 0.2) is 36.5 Å². The standard InChI is InChI=1S/C21H24F2N4O2S2/c1-21(22,23)9-2-10-31-26-19-8-6-16(13-24-19)15-5-7-18(27(28)29)17(11-15)20(30)25-12-14-3-4-14/h5-8,11,13-14H,2-4,9-10,12H2,1H3,(H,24,26)(H,25,30). The molecule has 0 radical (unpaired) electrons. The van der Waals surface area contributed by atoms with E-state index in [-0.39, 0.29) is 12.1 Å². The molecule has 0 spiro atoms. The molecule has 0 unspecified atom stereocenters. The van der Waals surface area contributed by atoms with Gasteiger partial charge >= 0.3 is 0 Å². The lowest BCUT2D eigenvalue weighted by atomic mass is 10.0. The highest BCUT2D eigenvalue weighted by molar-refractivity contribution is 8.00. The molecule has 1 aliphatic rings. The van der Waals surface area contributed by atoms with Crippen molar-refractivity contribution in [1.82, 2.24) is 10.3 Å². The Morgan fingerprint density at radius 3 is 2.68 bits per heavy atom. The normalized spacial score (nSPS) is 13.6. The van der Waals surface area contributed by atoms with Gasteiger partial charge in [0, 0.05) is 36.5 Å². The van der Waals surface area contributed by atoms with Crippen LogP contribution in [-0.2, 0) is 0 Å². The zero-order valence-corrected chi connectivity index (χ0v) is 18.7. The number of halogens is 2. The van der Waals surface area contributed by atoms with Crippen LogP contribution in [0.1, 0.15) is 38.2 Å². The van der Waals surface area contributed by atoms with Gasteiger partial charge in [-0.15, -0.1) is 0 Å². The average molecular weight is 467 g/mol. The number of alkyl halides is 2. The van der Waals surface area contributed by atoms with Crippen LogP contribution in [0.4, 0.5) is 20.3 Å². The van der Waals surface area contributed by atoms with Gasteiger partial charge in [-0.05, 0) is 61.9 Å². The van der Waals surface area contributed by atoms with E-state index < -0.39 is 10.8 Å². The minimum atomic E-state index is -2.64. The molecule has 2 aromatic rings. The fourth-order valence-corrected chi connectivity index (χ4v) is 3.82. The molecule has 1 saturated carbocycles. The Morgan fingerprint density at radius 2 is 2.06 bits per heavy atom. The third-order valence-electron chi connectivity index (χ3n) is 4.82. The van der Waals surface area contributed by atoms with Crippen LogP contribution >= 0.6 is 24.2 Å². The maximum absolute atomic E-state index is 12.8. The highest BCUT2D eigenvalue weighted by atomic mass is 32.2. The predicted octanol–water partition coefficient (Wildman–Crippen LogP) is 5.83. The van der Waals surface area contributed by atoms with Gasteiger partial charge in [-0.1, -0.05) is 24.2 Å². The Kier molecular flexibility index (Phi) is 7.77. The summed E-state index contributed by atoms with van der Waals surface area (Å²) in [5.41, 5.74) is 1.93. The number of hydrogen-bond donors (Lipinski definition) is 2. The summed E-state index contributed by atoms with van der Waals surface area (Å²) in [6.07, 6.45) is 4.24. The van der Waals surface area contributed by atoms with Crippen molar-refractivity contribution in [1.29, 1.82) is 0 Å². The number of thiocarbonyl (C=S) groups is 1. The second-order valence-electron chi connectivity index (χ2n) is 7.70. The summed E-state index contributed by atoms with van der Waals surface area (Å²) in [5, 5.41) is 14.6. The Hall–Kier alpha value is -2.33. The third kappa shape index (κ3) is 7.39. The van der Waals surface area contributed by atoms with Crippen LogP contribution in [0.2, 0.25) is 0 Å². The molecule has 1 heterocycles. The summed E-state index contributed by atoms with van der Waals surface area (Å²) in [6, 6.07) is 8.48. The Bertz CT molecular complexity index is 932. The van der Waals surface area contributed by atoms with Gasteiger partial charge in [0.2, 0.25) is 5.92 Å². The molecule has 3 rings (SSSR count). The lowest BCUT2D eigenvalue weighted by Gasteiger charge is -2.11. The van der Waals surface area contributed by atoms with E-state index in [4.69, 9.17) is 12.2 Å². The van der Waals surface area contributed by atoms with E-state index in [1.54, 1.807) is 24.4 Å². The zero-order valence-electron chi connectivity index (χ0n) is 17.1. The fraction of sp³-hybridized carbons (Fsp3) is 0.429. The molecule has 2 N–H and O–H groups in total. The smallest absolute Gasteiger partial charge is 0.279 e. The number of aromatic nitrogens is 1. The molecule has 0 bridgehead atoms. The van der Waals surface area contributed by atoms with E-state index in [1.807, 2.05) is 6.07 Å². The molecule has 10 heteroatoms. The molecule has 1 aromatic carbocycles. The Morgan fingerprint density at radius 1 is 1.32 bits per heavy atom. The van der Waals surface area contributed by atoms with E-state index in [9.17, 15) is 18.9 Å². The molecule has 0 aliphatic heterocycles. The molecule has 1 fully saturated rings. The van der Waals surface area contributed by atoms with Crippen molar-refractivity contribution in [2.75, 3.05) is 17.0 Å². The van der Waals surface area contributed by atoms with Crippen molar-refractivity contribution in [2.45, 2.75) is 38.5 Å². The molecule has 1 aliphatic carbocycles. The minimum absolute atomic E-state index is 0.0302. The SMILES string of the molecule is CC(F)(F)CCCSNc1ccc(-c2ccc([N+](=O)[O-])c(C(=S)NCC3CC3)c2)cn1. The van der Waals surface area contributed by atoms with E-state index >= 15 is 0 Å². The number of anilines is 1. The Labute approximate surface area is 189 Å². The Balaban J connectivity index is 1.64. The van der Waals surface area contributed by atoms with E-state index in [0.29, 0.717) is 34.5 Å². The van der Waals surface area contributed by atoms with Gasteiger partial charge in [0.05, 0.1) is 10.5 Å². The summed E-state index contributed by atoms with van der Waals surface area (Å²) >= 11 is 6.73. The lowest BCUT2D eigenvalue weighted by Crippen LogP contribution is -2.25. The maximum Gasteiger partial charge on any atom is 0.279 e. The zero-order chi connectivity index (χ0) is 22.4. The van der Waals surface area contributed by atoms with E-state index in [2.05, 4.69) is 15.0 Å². The predicted molar refractivity (Wildman–Crippen MR) is 125 cm³/mol. The maximum atomic E-state index is 12.8. The van der Waals surface area contributed by atoms with Crippen molar-refractivity contribution in [2.24, 2.45) is 5.92 Å². The lowest BCUT2D eigenvalue weighted by molar-refractivity contribution is -0.385. The van der Waals surface area contributed by atoms with Crippen molar-refractivity contribution >= 4 is 40.7 Å². The minimum Gasteiger partial charge on any atom is -0.375 e. The largest absolute Gasteiger partial charge is 0.375 e. The first-order chi connectivity index (χ1) is 14.7. The first-order valence-electron chi connectivity index (χ1n) is 10.0. The quantitative estimate of drug-likeness (QED) is 0.142. The van der Waals surface area contributed by atoms with Gasteiger partial charge < -0.3 is 10.0 Å². The molecule has 0 amide bonds. The number of nitro groups is 1. The summed E-state index contributed by atoms with van der Waals surface area (Å²) < 4.78 is 28.7. The molecule has 1 aromatic heterocycles. The van der Waals surface area contributed by atoms with Crippen molar-refractivity contribution in [3.05, 3.63) is 52.2 Å². The van der Waals surface area contributed by atoms with Gasteiger partial charge in [-0.2, -0.15) is 0 Å². The van der Waals surface area contributed by atoms with E-state index in [0.717, 1.165) is 37.4 Å². The highest BCUT2D eigenvalue weighted by Crippen LogP contribution is 2.30. The molecule has 31 heavy (non-hydrogen) atoms. The summed E-state index contributed by atoms with van der Waals surface area (Å²) in [4.78, 5) is 15.7. The monoisotopic (exact) mass is 466 g/mol. The van der Waals surface area contributed by atoms with Gasteiger partial charge in [-0.3, -0.25) is 10.1 Å². The molecule has 0 atom stereocenters. The van der Waals surface area contributed by atoms with Crippen LogP contribution in [0.3, 0.4) is 0 Å². The molecule has 166 valence electrons. The van der Waals surface area contributed by atoms with Gasteiger partial charge in [-0.25, -0.2) is 13.8 Å².